The molecule has 0 radical (unpaired) electrons. The Morgan fingerprint density at radius 3 is 2.81 bits per heavy atom. The van der Waals surface area contributed by atoms with Gasteiger partial charge in [0.15, 0.2) is 0 Å². The lowest BCUT2D eigenvalue weighted by molar-refractivity contribution is 0.0515. The molecule has 1 aromatic carbocycles. The minimum absolute atomic E-state index is 0.0181. The topological polar surface area (TPSA) is 148 Å². The number of hydrogen-bond acceptors (Lipinski definition) is 11. The van der Waals surface area contributed by atoms with Crippen LogP contribution < -0.4 is 14.5 Å². The molecule has 0 aliphatic carbocycles. The van der Waals surface area contributed by atoms with E-state index < -0.39 is 16.6 Å². The maximum Gasteiger partial charge on any atom is 0.234 e. The molecule has 2 fully saturated rings. The molecule has 14 heteroatoms. The van der Waals surface area contributed by atoms with Crippen molar-refractivity contribution < 1.29 is 23.0 Å². The number of hydrogen-bond donors (Lipinski definition) is 2. The average molecular weight is 597 g/mol. The standard InChI is InChI=1S/C28H36N8O5S/c1-28-7-10-34(11-8-28)26-17-21(32-42(38,39)16-13-37)4-5-25(26)36-19-24(31-33-36)23-6-9-29-27(30-23)35-12-15-41-22(18-35)3-2-14-40-20-28/h2-6,9,17,19,22,32,37H,7-8,10-16,18,20H2,1H3/b3-2-. The molecule has 2 saturated heterocycles. The van der Waals surface area contributed by atoms with Crippen LogP contribution in [0, 0.1) is 5.41 Å². The second-order valence-electron chi connectivity index (χ2n) is 11.2. The van der Waals surface area contributed by atoms with Gasteiger partial charge in [-0.1, -0.05) is 24.3 Å². The Morgan fingerprint density at radius 1 is 1.12 bits per heavy atom. The fourth-order valence-electron chi connectivity index (χ4n) is 5.51. The first-order valence-electron chi connectivity index (χ1n) is 14.2. The van der Waals surface area contributed by atoms with Crippen molar-refractivity contribution in [3.8, 4) is 17.1 Å². The van der Waals surface area contributed by atoms with Gasteiger partial charge in [-0.15, -0.1) is 5.10 Å². The third kappa shape index (κ3) is 6.41. The summed E-state index contributed by atoms with van der Waals surface area (Å²) < 4.78 is 41.1. The van der Waals surface area contributed by atoms with E-state index in [0.717, 1.165) is 37.3 Å². The summed E-state index contributed by atoms with van der Waals surface area (Å²) in [7, 11) is -3.68. The van der Waals surface area contributed by atoms with Gasteiger partial charge in [0, 0.05) is 25.8 Å². The van der Waals surface area contributed by atoms with Crippen LogP contribution >= 0.6 is 0 Å². The zero-order valence-corrected chi connectivity index (χ0v) is 24.4. The molecule has 0 saturated carbocycles. The number of nitrogens with zero attached hydrogens (tertiary/aromatic N) is 7. The van der Waals surface area contributed by atoms with Crippen LogP contribution in [0.1, 0.15) is 19.8 Å². The minimum Gasteiger partial charge on any atom is -0.395 e. The van der Waals surface area contributed by atoms with E-state index >= 15 is 0 Å². The quantitative estimate of drug-likeness (QED) is 0.425. The van der Waals surface area contributed by atoms with Crippen molar-refractivity contribution in [1.29, 1.82) is 0 Å². The predicted molar refractivity (Wildman–Crippen MR) is 158 cm³/mol. The van der Waals surface area contributed by atoms with E-state index in [-0.39, 0.29) is 17.3 Å². The maximum absolute atomic E-state index is 12.4. The number of sulfonamides is 1. The first-order valence-corrected chi connectivity index (χ1v) is 15.8. The minimum atomic E-state index is -3.68. The van der Waals surface area contributed by atoms with Gasteiger partial charge >= 0.3 is 0 Å². The molecular formula is C28H36N8O5S. The highest BCUT2D eigenvalue weighted by molar-refractivity contribution is 7.92. The number of aliphatic hydroxyl groups is 1. The second kappa shape index (κ2) is 12.0. The molecule has 2 aromatic heterocycles. The van der Waals surface area contributed by atoms with Crippen molar-refractivity contribution in [2.24, 2.45) is 5.41 Å². The monoisotopic (exact) mass is 596 g/mol. The molecule has 6 heterocycles. The summed E-state index contributed by atoms with van der Waals surface area (Å²) in [6.45, 7) is 6.36. The average Bonchev–Trinajstić information content (AvgIpc) is 3.47. The van der Waals surface area contributed by atoms with Crippen LogP contribution in [0.2, 0.25) is 0 Å². The van der Waals surface area contributed by atoms with Crippen molar-refractivity contribution in [1.82, 2.24) is 25.0 Å². The van der Waals surface area contributed by atoms with E-state index in [1.165, 1.54) is 0 Å². The smallest absolute Gasteiger partial charge is 0.234 e. The molecule has 8 bridgehead atoms. The van der Waals surface area contributed by atoms with Crippen molar-refractivity contribution in [3.05, 3.63) is 48.8 Å². The Hall–Kier alpha value is -3.59. The van der Waals surface area contributed by atoms with Crippen LogP contribution in [0.5, 0.6) is 0 Å². The van der Waals surface area contributed by atoms with Crippen molar-refractivity contribution >= 4 is 27.3 Å². The summed E-state index contributed by atoms with van der Waals surface area (Å²) in [5.41, 5.74) is 3.28. The summed E-state index contributed by atoms with van der Waals surface area (Å²) in [4.78, 5) is 13.6. The van der Waals surface area contributed by atoms with Crippen molar-refractivity contribution in [2.45, 2.75) is 25.9 Å². The molecule has 7 rings (SSSR count). The van der Waals surface area contributed by atoms with E-state index in [1.807, 2.05) is 36.5 Å². The third-order valence-corrected chi connectivity index (χ3v) is 9.22. The van der Waals surface area contributed by atoms with Crippen molar-refractivity contribution in [2.75, 3.05) is 72.9 Å². The van der Waals surface area contributed by atoms with Crippen LogP contribution in [0.25, 0.3) is 17.1 Å². The molecule has 1 unspecified atom stereocenters. The van der Waals surface area contributed by atoms with Crippen LogP contribution in [0.15, 0.2) is 48.8 Å². The fraction of sp³-hybridized carbons (Fsp3) is 0.500. The van der Waals surface area contributed by atoms with Gasteiger partial charge in [-0.2, -0.15) is 0 Å². The largest absolute Gasteiger partial charge is 0.395 e. The van der Waals surface area contributed by atoms with Crippen molar-refractivity contribution in [3.63, 3.8) is 0 Å². The van der Waals surface area contributed by atoms with Gasteiger partial charge in [-0.25, -0.2) is 23.1 Å². The Labute approximate surface area is 245 Å². The zero-order chi connectivity index (χ0) is 29.2. The van der Waals surface area contributed by atoms with Crippen LogP contribution in [-0.2, 0) is 19.5 Å². The van der Waals surface area contributed by atoms with E-state index in [9.17, 15) is 13.5 Å². The molecular weight excluding hydrogens is 560 g/mol. The lowest BCUT2D eigenvalue weighted by Crippen LogP contribution is -2.42. The highest BCUT2D eigenvalue weighted by Crippen LogP contribution is 2.37. The Morgan fingerprint density at radius 2 is 1.98 bits per heavy atom. The fourth-order valence-corrected chi connectivity index (χ4v) is 6.34. The molecule has 1 atom stereocenters. The maximum atomic E-state index is 12.4. The van der Waals surface area contributed by atoms with Gasteiger partial charge in [-0.3, -0.25) is 4.72 Å². The first kappa shape index (κ1) is 28.5. The van der Waals surface area contributed by atoms with E-state index in [2.05, 4.69) is 36.7 Å². The third-order valence-electron chi connectivity index (χ3n) is 7.96. The van der Waals surface area contributed by atoms with Gasteiger partial charge in [0.1, 0.15) is 5.69 Å². The molecule has 4 aliphatic heterocycles. The highest BCUT2D eigenvalue weighted by Gasteiger charge is 2.32. The Kier molecular flexibility index (Phi) is 8.12. The molecule has 0 amide bonds. The van der Waals surface area contributed by atoms with Gasteiger partial charge < -0.3 is 24.4 Å². The van der Waals surface area contributed by atoms with Crippen LogP contribution in [-0.4, -0.2) is 103 Å². The summed E-state index contributed by atoms with van der Waals surface area (Å²) >= 11 is 0. The molecule has 3 aromatic rings. The number of aliphatic hydroxyl groups excluding tert-OH is 1. The number of morpholine rings is 1. The Bertz CT molecular complexity index is 1540. The first-order chi connectivity index (χ1) is 20.3. The number of piperidine rings is 1. The van der Waals surface area contributed by atoms with Gasteiger partial charge in [-0.05, 0) is 42.5 Å². The summed E-state index contributed by atoms with van der Waals surface area (Å²) in [5, 5.41) is 18.0. The molecule has 4 aliphatic rings. The number of nitrogens with one attached hydrogen (secondary N) is 1. The Balaban J connectivity index is 1.38. The van der Waals surface area contributed by atoms with Gasteiger partial charge in [0.05, 0.1) is 73.8 Å². The number of anilines is 3. The van der Waals surface area contributed by atoms with E-state index in [4.69, 9.17) is 14.5 Å². The van der Waals surface area contributed by atoms with Crippen LogP contribution in [0.4, 0.5) is 17.3 Å². The summed E-state index contributed by atoms with van der Waals surface area (Å²) in [6.07, 6.45) is 9.36. The molecule has 42 heavy (non-hydrogen) atoms. The molecule has 0 spiro atoms. The number of ether oxygens (including phenoxy) is 2. The molecule has 224 valence electrons. The number of fused-ring (bicyclic) bond motifs is 5. The van der Waals surface area contributed by atoms with Gasteiger partial charge in [0.25, 0.3) is 0 Å². The van der Waals surface area contributed by atoms with E-state index in [0.29, 0.717) is 55.9 Å². The predicted octanol–water partition coefficient (Wildman–Crippen LogP) is 1.86. The lowest BCUT2D eigenvalue weighted by atomic mass is 9.81. The summed E-state index contributed by atoms with van der Waals surface area (Å²) in [5.74, 6) is 0.228. The van der Waals surface area contributed by atoms with Gasteiger partial charge in [0.2, 0.25) is 16.0 Å². The van der Waals surface area contributed by atoms with E-state index in [1.54, 1.807) is 16.9 Å². The number of benzene rings is 1. The summed E-state index contributed by atoms with van der Waals surface area (Å²) in [6, 6.07) is 7.16. The molecule has 2 N–H and O–H groups in total. The number of aromatic nitrogens is 5. The normalized spacial score (nSPS) is 23.7. The second-order valence-corrected chi connectivity index (χ2v) is 13.1. The molecule has 13 nitrogen and oxygen atoms in total. The lowest BCUT2D eigenvalue weighted by Gasteiger charge is -2.40. The highest BCUT2D eigenvalue weighted by atomic mass is 32.2. The SMILES string of the molecule is CC12CCN(CC1)c1cc(NS(=O)(=O)CCO)ccc1-n1cc(nn1)-c1ccnc(n1)N1CCOC(/C=C\COC2)C1. The zero-order valence-electron chi connectivity index (χ0n) is 23.6. The van der Waals surface area contributed by atoms with Crippen LogP contribution in [0.3, 0.4) is 0 Å². The number of rotatable bonds is 4.